The number of benzene rings is 4. The summed E-state index contributed by atoms with van der Waals surface area (Å²) in [5.74, 6) is 1.34. The van der Waals surface area contributed by atoms with E-state index < -0.39 is 20.2 Å². The van der Waals surface area contributed by atoms with Gasteiger partial charge in [-0.15, -0.1) is 0 Å². The number of unbranched alkanes of at least 4 members (excludes halogenated alkanes) is 2. The highest BCUT2D eigenvalue weighted by Gasteiger charge is 2.27. The van der Waals surface area contributed by atoms with Crippen molar-refractivity contribution in [2.75, 3.05) is 30.1 Å². The molecule has 1 aliphatic rings. The molecule has 1 heterocycles. The Morgan fingerprint density at radius 3 is 2.23 bits per heavy atom. The highest BCUT2D eigenvalue weighted by atomic mass is 32.2. The van der Waals surface area contributed by atoms with E-state index in [9.17, 15) is 25.9 Å². The molecule has 0 atom stereocenters. The molecule has 0 spiro atoms. The molecule has 0 aromatic heterocycles. The first-order chi connectivity index (χ1) is 21.0. The van der Waals surface area contributed by atoms with Crippen LogP contribution in [0.2, 0.25) is 0 Å². The van der Waals surface area contributed by atoms with Crippen LogP contribution >= 0.6 is 0 Å². The standard InChI is InChI=1S/C33H35NO8S2/c1-41-28-15-16-30-26(21-28)12-13-27(29(30)11-5-7-19-43(35,36)37)23-33-34(18-6-8-20-44(38,39)40)31-22-25(14-17-32(31)42-33)24-9-3-2-4-10-24/h2-4,9-10,12-17,21-23H,5-8,11,18-20H2,1H3,(H,35,36,37)(H,38,39,40)/b33-23-. The van der Waals surface area contributed by atoms with Crippen molar-refractivity contribution >= 4 is 42.8 Å². The Balaban J connectivity index is 1.52. The maximum absolute atomic E-state index is 11.3. The van der Waals surface area contributed by atoms with E-state index >= 15 is 0 Å². The van der Waals surface area contributed by atoms with Crippen LogP contribution in [0, 0.1) is 0 Å². The fraction of sp³-hybridized carbons (Fsp3) is 0.273. The molecule has 5 rings (SSSR count). The lowest BCUT2D eigenvalue weighted by molar-refractivity contribution is 0.415. The topological polar surface area (TPSA) is 130 Å². The number of ether oxygens (including phenoxy) is 2. The molecule has 9 nitrogen and oxygen atoms in total. The van der Waals surface area contributed by atoms with Gasteiger partial charge in [0.05, 0.1) is 24.3 Å². The maximum atomic E-state index is 11.3. The van der Waals surface area contributed by atoms with Crippen LogP contribution in [-0.2, 0) is 26.7 Å². The van der Waals surface area contributed by atoms with Gasteiger partial charge >= 0.3 is 0 Å². The molecule has 0 unspecified atom stereocenters. The van der Waals surface area contributed by atoms with E-state index in [0.717, 1.165) is 44.5 Å². The van der Waals surface area contributed by atoms with E-state index in [1.807, 2.05) is 83.8 Å². The summed E-state index contributed by atoms with van der Waals surface area (Å²) in [6.45, 7) is 0.459. The molecule has 44 heavy (non-hydrogen) atoms. The van der Waals surface area contributed by atoms with Gasteiger partial charge in [0.15, 0.2) is 5.75 Å². The monoisotopic (exact) mass is 637 g/mol. The molecule has 2 N–H and O–H groups in total. The minimum absolute atomic E-state index is 0.285. The van der Waals surface area contributed by atoms with Crippen molar-refractivity contribution < 1.29 is 35.4 Å². The molecule has 0 saturated carbocycles. The van der Waals surface area contributed by atoms with Gasteiger partial charge in [-0.1, -0.05) is 54.6 Å². The van der Waals surface area contributed by atoms with E-state index in [2.05, 4.69) is 6.07 Å². The molecule has 4 aromatic carbocycles. The van der Waals surface area contributed by atoms with Gasteiger partial charge in [-0.25, -0.2) is 0 Å². The summed E-state index contributed by atoms with van der Waals surface area (Å²) in [4.78, 5) is 2.02. The number of nitrogens with zero attached hydrogens (tertiary/aromatic N) is 1. The number of aryl methyl sites for hydroxylation is 1. The lowest BCUT2D eigenvalue weighted by Gasteiger charge is -2.20. The van der Waals surface area contributed by atoms with E-state index in [4.69, 9.17) is 9.47 Å². The third-order valence-electron chi connectivity index (χ3n) is 7.60. The van der Waals surface area contributed by atoms with Gasteiger partial charge in [0.25, 0.3) is 20.2 Å². The molecule has 0 bridgehead atoms. The van der Waals surface area contributed by atoms with E-state index in [-0.39, 0.29) is 17.9 Å². The van der Waals surface area contributed by atoms with Crippen LogP contribution in [0.1, 0.15) is 36.8 Å². The van der Waals surface area contributed by atoms with Crippen molar-refractivity contribution in [1.29, 1.82) is 0 Å². The quantitative estimate of drug-likeness (QED) is 0.123. The number of fused-ring (bicyclic) bond motifs is 2. The molecule has 0 amide bonds. The van der Waals surface area contributed by atoms with E-state index in [1.54, 1.807) is 7.11 Å². The predicted octanol–water partition coefficient (Wildman–Crippen LogP) is 6.59. The van der Waals surface area contributed by atoms with E-state index in [0.29, 0.717) is 43.9 Å². The van der Waals surface area contributed by atoms with Crippen molar-refractivity contribution in [1.82, 2.24) is 0 Å². The summed E-state index contributed by atoms with van der Waals surface area (Å²) in [5.41, 5.74) is 4.81. The lowest BCUT2D eigenvalue weighted by Crippen LogP contribution is -2.22. The van der Waals surface area contributed by atoms with Gasteiger partial charge in [-0.3, -0.25) is 9.11 Å². The van der Waals surface area contributed by atoms with Crippen LogP contribution in [-0.4, -0.2) is 51.1 Å². The molecule has 1 aliphatic heterocycles. The molecular weight excluding hydrogens is 602 g/mol. The van der Waals surface area contributed by atoms with Crippen LogP contribution in [0.4, 0.5) is 5.69 Å². The highest BCUT2D eigenvalue weighted by molar-refractivity contribution is 7.86. The van der Waals surface area contributed by atoms with Crippen molar-refractivity contribution in [2.45, 2.75) is 32.1 Å². The molecule has 4 aromatic rings. The SMILES string of the molecule is COc1ccc2c(CCCCS(=O)(=O)O)c(/C=C3\Oc4ccc(-c5ccccc5)cc4N3CCCCS(=O)(=O)O)ccc2c1. The third-order valence-corrected chi connectivity index (χ3v) is 9.21. The second kappa shape index (κ2) is 13.4. The summed E-state index contributed by atoms with van der Waals surface area (Å²) < 4.78 is 75.5. The largest absolute Gasteiger partial charge is 0.497 e. The van der Waals surface area contributed by atoms with Gasteiger partial charge < -0.3 is 14.4 Å². The minimum atomic E-state index is -4.06. The second-order valence-electron chi connectivity index (χ2n) is 10.7. The third kappa shape index (κ3) is 7.97. The minimum Gasteiger partial charge on any atom is -0.497 e. The fourth-order valence-electron chi connectivity index (χ4n) is 5.45. The van der Waals surface area contributed by atoms with Crippen LogP contribution in [0.15, 0.2) is 84.7 Å². The summed E-state index contributed by atoms with van der Waals surface area (Å²) >= 11 is 0. The second-order valence-corrected chi connectivity index (χ2v) is 13.9. The van der Waals surface area contributed by atoms with Gasteiger partial charge in [-0.05, 0) is 89.4 Å². The smallest absolute Gasteiger partial charge is 0.264 e. The predicted molar refractivity (Wildman–Crippen MR) is 173 cm³/mol. The Labute approximate surface area is 258 Å². The Kier molecular flexibility index (Phi) is 9.59. The van der Waals surface area contributed by atoms with Gasteiger partial charge in [0, 0.05) is 12.6 Å². The number of hydrogen-bond acceptors (Lipinski definition) is 7. The molecule has 0 fully saturated rings. The van der Waals surface area contributed by atoms with Crippen molar-refractivity contribution in [3.05, 3.63) is 95.9 Å². The average Bonchev–Trinajstić information content (AvgIpc) is 3.33. The first kappa shape index (κ1) is 31.5. The first-order valence-corrected chi connectivity index (χ1v) is 17.6. The van der Waals surface area contributed by atoms with E-state index in [1.165, 1.54) is 0 Å². The molecule has 0 aliphatic carbocycles. The number of anilines is 1. The average molecular weight is 638 g/mol. The van der Waals surface area contributed by atoms with Crippen LogP contribution < -0.4 is 14.4 Å². The Hall–Kier alpha value is -3.90. The fourth-order valence-corrected chi connectivity index (χ4v) is 6.59. The summed E-state index contributed by atoms with van der Waals surface area (Å²) in [6.07, 6.45) is 4.15. The zero-order valence-corrected chi connectivity index (χ0v) is 26.0. The zero-order chi connectivity index (χ0) is 31.3. The molecule has 0 radical (unpaired) electrons. The summed E-state index contributed by atoms with van der Waals surface area (Å²) in [7, 11) is -6.50. The van der Waals surface area contributed by atoms with Crippen LogP contribution in [0.3, 0.4) is 0 Å². The van der Waals surface area contributed by atoms with Crippen molar-refractivity contribution in [3.8, 4) is 22.6 Å². The molecule has 0 saturated heterocycles. The summed E-state index contributed by atoms with van der Waals surface area (Å²) in [5, 5.41) is 1.97. The number of rotatable bonds is 13. The van der Waals surface area contributed by atoms with Gasteiger partial charge in [0.2, 0.25) is 5.88 Å². The summed E-state index contributed by atoms with van der Waals surface area (Å²) in [6, 6.07) is 25.8. The normalized spacial score (nSPS) is 14.2. The van der Waals surface area contributed by atoms with Gasteiger partial charge in [-0.2, -0.15) is 16.8 Å². The van der Waals surface area contributed by atoms with Crippen LogP contribution in [0.25, 0.3) is 28.0 Å². The Bertz CT molecular complexity index is 1890. The Morgan fingerprint density at radius 2 is 1.52 bits per heavy atom. The molecular formula is C33H35NO8S2. The van der Waals surface area contributed by atoms with Crippen LogP contribution in [0.5, 0.6) is 11.5 Å². The maximum Gasteiger partial charge on any atom is 0.264 e. The number of hydrogen-bond donors (Lipinski definition) is 2. The molecule has 11 heteroatoms. The zero-order valence-electron chi connectivity index (χ0n) is 24.3. The first-order valence-electron chi connectivity index (χ1n) is 14.4. The Morgan fingerprint density at radius 1 is 0.795 bits per heavy atom. The highest BCUT2D eigenvalue weighted by Crippen LogP contribution is 2.43. The van der Waals surface area contributed by atoms with Crippen molar-refractivity contribution in [3.63, 3.8) is 0 Å². The number of methoxy groups -OCH3 is 1. The van der Waals surface area contributed by atoms with Gasteiger partial charge in [0.1, 0.15) is 5.75 Å². The lowest BCUT2D eigenvalue weighted by atomic mass is 9.94. The van der Waals surface area contributed by atoms with Crippen molar-refractivity contribution in [2.24, 2.45) is 0 Å². The molecule has 232 valence electrons.